The predicted molar refractivity (Wildman–Crippen MR) is 109 cm³/mol. The molecule has 1 aromatic heterocycles. The Morgan fingerprint density at radius 2 is 1.88 bits per heavy atom. The van der Waals surface area contributed by atoms with Gasteiger partial charge in [-0.05, 0) is 24.6 Å². The van der Waals surface area contributed by atoms with Gasteiger partial charge >= 0.3 is 14.8 Å². The van der Waals surface area contributed by atoms with Gasteiger partial charge in [-0.15, -0.1) is 10.2 Å². The van der Waals surface area contributed by atoms with Gasteiger partial charge in [0.2, 0.25) is 11.8 Å². The summed E-state index contributed by atoms with van der Waals surface area (Å²) in [6.07, 6.45) is 1.35. The highest BCUT2D eigenvalue weighted by Gasteiger charge is 2.35. The molecule has 32 heavy (non-hydrogen) atoms. The Kier molecular flexibility index (Phi) is 10.8. The average molecular weight is 481 g/mol. The van der Waals surface area contributed by atoms with Crippen molar-refractivity contribution < 1.29 is 41.7 Å². The molecule has 0 fully saturated rings. The molecule has 13 heteroatoms. The van der Waals surface area contributed by atoms with Crippen LogP contribution in [0, 0.1) is 0 Å². The van der Waals surface area contributed by atoms with Crippen molar-refractivity contribution in [2.75, 3.05) is 13.2 Å². The first-order chi connectivity index (χ1) is 15.3. The van der Waals surface area contributed by atoms with Crippen molar-refractivity contribution >= 4 is 8.60 Å². The SMILES string of the molecule is CCCCCCCCOc1ccc(-c2nnc(C(N)COP(O)OO)o2)cc1C(F)(F)F. The summed E-state index contributed by atoms with van der Waals surface area (Å²) >= 11 is 0. The van der Waals surface area contributed by atoms with Gasteiger partial charge in [0.05, 0.1) is 18.8 Å². The van der Waals surface area contributed by atoms with Gasteiger partial charge in [0, 0.05) is 5.56 Å². The fourth-order valence-electron chi connectivity index (χ4n) is 2.81. The summed E-state index contributed by atoms with van der Waals surface area (Å²) in [7, 11) is -2.52. The van der Waals surface area contributed by atoms with Crippen molar-refractivity contribution in [2.24, 2.45) is 5.73 Å². The summed E-state index contributed by atoms with van der Waals surface area (Å²) in [6.45, 7) is 1.98. The van der Waals surface area contributed by atoms with Gasteiger partial charge in [-0.3, -0.25) is 0 Å². The van der Waals surface area contributed by atoms with Gasteiger partial charge in [-0.1, -0.05) is 39.0 Å². The first-order valence-electron chi connectivity index (χ1n) is 10.1. The van der Waals surface area contributed by atoms with Crippen molar-refractivity contribution in [1.29, 1.82) is 0 Å². The van der Waals surface area contributed by atoms with Crippen LogP contribution in [-0.2, 0) is 15.4 Å². The Hall–Kier alpha value is -1.82. The maximum absolute atomic E-state index is 13.6. The van der Waals surface area contributed by atoms with E-state index < -0.39 is 26.4 Å². The highest BCUT2D eigenvalue weighted by Crippen LogP contribution is 2.39. The first kappa shape index (κ1) is 26.4. The summed E-state index contributed by atoms with van der Waals surface area (Å²) in [4.78, 5) is 9.03. The molecule has 0 radical (unpaired) electrons. The highest BCUT2D eigenvalue weighted by molar-refractivity contribution is 7.40. The van der Waals surface area contributed by atoms with Crippen LogP contribution >= 0.6 is 8.60 Å². The van der Waals surface area contributed by atoms with Crippen LogP contribution in [0.25, 0.3) is 11.5 Å². The quantitative estimate of drug-likeness (QED) is 0.144. The number of ether oxygens (including phenoxy) is 1. The maximum atomic E-state index is 13.6. The Bertz CT molecular complexity index is 824. The van der Waals surface area contributed by atoms with Crippen LogP contribution in [0.2, 0.25) is 0 Å². The Morgan fingerprint density at radius 3 is 2.56 bits per heavy atom. The summed E-state index contributed by atoms with van der Waals surface area (Å²) in [5.74, 6) is -0.564. The number of hydrogen-bond acceptors (Lipinski definition) is 9. The smallest absolute Gasteiger partial charge is 0.419 e. The fourth-order valence-corrected chi connectivity index (χ4v) is 3.15. The normalized spacial score (nSPS) is 13.8. The Balaban J connectivity index is 2.05. The number of aromatic nitrogens is 2. The van der Waals surface area contributed by atoms with Crippen molar-refractivity contribution in [3.8, 4) is 17.2 Å². The molecule has 0 saturated heterocycles. The minimum atomic E-state index is -4.64. The van der Waals surface area contributed by atoms with Crippen molar-refractivity contribution in [1.82, 2.24) is 10.2 Å². The summed E-state index contributed by atoms with van der Waals surface area (Å²) in [6, 6.07) is 2.49. The third kappa shape index (κ3) is 8.27. The van der Waals surface area contributed by atoms with Crippen LogP contribution in [0.15, 0.2) is 22.6 Å². The monoisotopic (exact) mass is 481 g/mol. The van der Waals surface area contributed by atoms with Crippen LogP contribution < -0.4 is 10.5 Å². The highest BCUT2D eigenvalue weighted by atomic mass is 31.2. The second kappa shape index (κ2) is 13.0. The fraction of sp³-hybridized carbons (Fsp3) is 0.579. The molecule has 0 aliphatic heterocycles. The van der Waals surface area contributed by atoms with Crippen LogP contribution in [-0.4, -0.2) is 33.6 Å². The summed E-state index contributed by atoms with van der Waals surface area (Å²) in [5.41, 5.74) is 4.86. The molecule has 2 rings (SSSR count). The number of halogens is 3. The lowest BCUT2D eigenvalue weighted by atomic mass is 10.1. The molecule has 2 atom stereocenters. The van der Waals surface area contributed by atoms with Crippen LogP contribution in [0.4, 0.5) is 13.2 Å². The minimum absolute atomic E-state index is 0.0409. The third-order valence-corrected chi connectivity index (χ3v) is 4.99. The van der Waals surface area contributed by atoms with E-state index in [9.17, 15) is 13.2 Å². The molecule has 0 bridgehead atoms. The lowest BCUT2D eigenvalue weighted by molar-refractivity contribution is -0.150. The number of hydrogen-bond donors (Lipinski definition) is 3. The van der Waals surface area contributed by atoms with Crippen molar-refractivity contribution in [3.63, 3.8) is 0 Å². The number of nitrogens with zero attached hydrogens (tertiary/aromatic N) is 2. The topological polar surface area (TPSA) is 133 Å². The maximum Gasteiger partial charge on any atom is 0.419 e. The molecule has 9 nitrogen and oxygen atoms in total. The Morgan fingerprint density at radius 1 is 1.16 bits per heavy atom. The van der Waals surface area contributed by atoms with E-state index in [1.165, 1.54) is 12.1 Å². The minimum Gasteiger partial charge on any atom is -0.493 e. The molecule has 0 spiro atoms. The molecule has 2 unspecified atom stereocenters. The van der Waals surface area contributed by atoms with Gasteiger partial charge < -0.3 is 24.3 Å². The molecule has 2 aromatic rings. The zero-order chi connectivity index (χ0) is 23.6. The number of rotatable bonds is 14. The van der Waals surface area contributed by atoms with E-state index in [1.807, 2.05) is 0 Å². The molecule has 1 heterocycles. The second-order valence-corrected chi connectivity index (χ2v) is 7.89. The van der Waals surface area contributed by atoms with E-state index >= 15 is 0 Å². The molecule has 0 saturated carbocycles. The van der Waals surface area contributed by atoms with Gasteiger partial charge in [0.25, 0.3) is 0 Å². The Labute approximate surface area is 184 Å². The third-order valence-electron chi connectivity index (χ3n) is 4.48. The van der Waals surface area contributed by atoms with Crippen LogP contribution in [0.3, 0.4) is 0 Å². The molecule has 1 aromatic carbocycles. The van der Waals surface area contributed by atoms with Gasteiger partial charge in [0.15, 0.2) is 0 Å². The van der Waals surface area contributed by atoms with E-state index in [0.29, 0.717) is 6.42 Å². The number of benzene rings is 1. The molecule has 180 valence electrons. The molecular formula is C19H27F3N3O6P. The standard InChI is InChI=1S/C19H27F3N3O6P/c1-2-3-4-5-6-7-10-28-16-9-8-13(11-14(16)19(20,21)22)17-24-25-18(30-17)15(23)12-29-32(27)31-26/h8-9,11,15,26-27H,2-7,10,12,23H2,1H3. The molecule has 0 aliphatic carbocycles. The summed E-state index contributed by atoms with van der Waals surface area (Å²) < 4.78 is 59.7. The molecular weight excluding hydrogens is 454 g/mol. The van der Waals surface area contributed by atoms with Crippen LogP contribution in [0.5, 0.6) is 5.75 Å². The van der Waals surface area contributed by atoms with E-state index in [2.05, 4.69) is 21.8 Å². The molecule has 0 amide bonds. The van der Waals surface area contributed by atoms with Gasteiger partial charge in [0.1, 0.15) is 11.8 Å². The number of unbranched alkanes of at least 4 members (excludes halogenated alkanes) is 5. The lowest BCUT2D eigenvalue weighted by Gasteiger charge is -2.15. The lowest BCUT2D eigenvalue weighted by Crippen LogP contribution is -2.16. The molecule has 4 N–H and O–H groups in total. The van der Waals surface area contributed by atoms with Crippen molar-refractivity contribution in [3.05, 3.63) is 29.7 Å². The van der Waals surface area contributed by atoms with E-state index in [-0.39, 0.29) is 36.3 Å². The van der Waals surface area contributed by atoms with E-state index in [4.69, 9.17) is 29.6 Å². The predicted octanol–water partition coefficient (Wildman–Crippen LogP) is 5.22. The zero-order valence-electron chi connectivity index (χ0n) is 17.5. The average Bonchev–Trinajstić information content (AvgIpc) is 3.26. The van der Waals surface area contributed by atoms with E-state index in [0.717, 1.165) is 38.2 Å². The number of nitrogens with two attached hydrogens (primary N) is 1. The van der Waals surface area contributed by atoms with Gasteiger partial charge in [-0.2, -0.15) is 17.8 Å². The van der Waals surface area contributed by atoms with E-state index in [1.54, 1.807) is 0 Å². The summed E-state index contributed by atoms with van der Waals surface area (Å²) in [5, 5.41) is 15.7. The van der Waals surface area contributed by atoms with Gasteiger partial charge in [-0.25, -0.2) is 5.26 Å². The second-order valence-electron chi connectivity index (χ2n) is 6.99. The number of alkyl halides is 3. The first-order valence-corrected chi connectivity index (χ1v) is 11.3. The largest absolute Gasteiger partial charge is 0.493 e. The van der Waals surface area contributed by atoms with Crippen LogP contribution in [0.1, 0.15) is 62.9 Å². The zero-order valence-corrected chi connectivity index (χ0v) is 18.4. The molecule has 0 aliphatic rings. The van der Waals surface area contributed by atoms with Crippen molar-refractivity contribution in [2.45, 2.75) is 57.7 Å².